The number of nitrogens with zero attached hydrogens (tertiary/aromatic N) is 2. The summed E-state index contributed by atoms with van der Waals surface area (Å²) in [5.74, 6) is 1.11. The van der Waals surface area contributed by atoms with Crippen molar-refractivity contribution in [2.24, 2.45) is 0 Å². The van der Waals surface area contributed by atoms with Crippen molar-refractivity contribution in [3.05, 3.63) is 48.4 Å². The van der Waals surface area contributed by atoms with E-state index in [-0.39, 0.29) is 11.7 Å². The molecule has 23 heavy (non-hydrogen) atoms. The number of aromatic nitrogens is 3. The van der Waals surface area contributed by atoms with Gasteiger partial charge in [-0.05, 0) is 24.1 Å². The molecule has 0 saturated carbocycles. The van der Waals surface area contributed by atoms with Crippen molar-refractivity contribution in [3.63, 3.8) is 0 Å². The Labute approximate surface area is 133 Å². The van der Waals surface area contributed by atoms with Crippen molar-refractivity contribution in [2.45, 2.75) is 17.2 Å². The van der Waals surface area contributed by atoms with E-state index in [0.717, 1.165) is 22.4 Å². The number of anilines is 1. The zero-order chi connectivity index (χ0) is 15.9. The van der Waals surface area contributed by atoms with Crippen LogP contribution in [0.4, 0.5) is 5.82 Å². The third-order valence-electron chi connectivity index (χ3n) is 4.30. The van der Waals surface area contributed by atoms with Crippen molar-refractivity contribution < 1.29 is 8.42 Å². The van der Waals surface area contributed by atoms with E-state index in [1.165, 1.54) is 6.33 Å². The molecule has 1 aromatic carbocycles. The molecule has 3 heterocycles. The fraction of sp³-hybridized carbons (Fsp3) is 0.250. The van der Waals surface area contributed by atoms with Gasteiger partial charge in [0.25, 0.3) is 0 Å². The predicted molar refractivity (Wildman–Crippen MR) is 88.2 cm³/mol. The average molecular weight is 328 g/mol. The number of fused-ring (bicyclic) bond motifs is 2. The summed E-state index contributed by atoms with van der Waals surface area (Å²) in [7, 11) is -3.14. The maximum atomic E-state index is 12.2. The first kappa shape index (κ1) is 14.2. The van der Waals surface area contributed by atoms with Gasteiger partial charge in [-0.3, -0.25) is 0 Å². The minimum Gasteiger partial charge on any atom is -0.369 e. The number of sulfone groups is 1. The first-order valence-electron chi connectivity index (χ1n) is 7.49. The van der Waals surface area contributed by atoms with Gasteiger partial charge in [0.1, 0.15) is 17.8 Å². The monoisotopic (exact) mass is 328 g/mol. The number of rotatable bonds is 3. The third-order valence-corrected chi connectivity index (χ3v) is 6.11. The van der Waals surface area contributed by atoms with Crippen LogP contribution in [0.1, 0.15) is 17.9 Å². The average Bonchev–Trinajstić information content (AvgIpc) is 3.04. The van der Waals surface area contributed by atoms with Crippen molar-refractivity contribution in [2.75, 3.05) is 17.6 Å². The molecular weight excluding hydrogens is 312 g/mol. The SMILES string of the molecule is O=S1(=O)CCC(CNc2ncnc3[nH]ccc23)c2ccccc21. The zero-order valence-corrected chi connectivity index (χ0v) is 13.2. The van der Waals surface area contributed by atoms with Gasteiger partial charge >= 0.3 is 0 Å². The van der Waals surface area contributed by atoms with Gasteiger partial charge < -0.3 is 10.3 Å². The maximum absolute atomic E-state index is 12.2. The van der Waals surface area contributed by atoms with Crippen LogP contribution in [0.15, 0.2) is 47.8 Å². The predicted octanol–water partition coefficient (Wildman–Crippen LogP) is 2.33. The van der Waals surface area contributed by atoms with E-state index in [1.807, 2.05) is 24.4 Å². The zero-order valence-electron chi connectivity index (χ0n) is 12.4. The Balaban J connectivity index is 1.62. The summed E-state index contributed by atoms with van der Waals surface area (Å²) in [6, 6.07) is 9.20. The molecule has 0 fully saturated rings. The first-order chi connectivity index (χ1) is 11.1. The molecular formula is C16H16N4O2S. The molecule has 0 saturated heterocycles. The van der Waals surface area contributed by atoms with E-state index in [0.29, 0.717) is 17.9 Å². The van der Waals surface area contributed by atoms with E-state index < -0.39 is 9.84 Å². The second-order valence-corrected chi connectivity index (χ2v) is 7.76. The van der Waals surface area contributed by atoms with Crippen LogP contribution in [-0.2, 0) is 9.84 Å². The fourth-order valence-corrected chi connectivity index (χ4v) is 4.80. The van der Waals surface area contributed by atoms with E-state index in [1.54, 1.807) is 12.1 Å². The summed E-state index contributed by atoms with van der Waals surface area (Å²) < 4.78 is 24.4. The van der Waals surface area contributed by atoms with Gasteiger partial charge in [0, 0.05) is 18.7 Å². The molecule has 0 amide bonds. The highest BCUT2D eigenvalue weighted by atomic mass is 32.2. The van der Waals surface area contributed by atoms with Crippen LogP contribution in [0.5, 0.6) is 0 Å². The lowest BCUT2D eigenvalue weighted by molar-refractivity contribution is 0.569. The highest BCUT2D eigenvalue weighted by molar-refractivity contribution is 7.91. The van der Waals surface area contributed by atoms with Gasteiger partial charge in [-0.15, -0.1) is 0 Å². The molecule has 7 heteroatoms. The van der Waals surface area contributed by atoms with Crippen LogP contribution < -0.4 is 5.32 Å². The molecule has 0 bridgehead atoms. The van der Waals surface area contributed by atoms with E-state index in [9.17, 15) is 8.42 Å². The topological polar surface area (TPSA) is 87.7 Å². The van der Waals surface area contributed by atoms with E-state index >= 15 is 0 Å². The molecule has 0 spiro atoms. The van der Waals surface area contributed by atoms with Crippen LogP contribution >= 0.6 is 0 Å². The van der Waals surface area contributed by atoms with Gasteiger partial charge in [0.2, 0.25) is 0 Å². The van der Waals surface area contributed by atoms with Crippen LogP contribution in [0, 0.1) is 0 Å². The summed E-state index contributed by atoms with van der Waals surface area (Å²) in [5, 5.41) is 4.28. The number of H-pyrrole nitrogens is 1. The minimum absolute atomic E-state index is 0.152. The van der Waals surface area contributed by atoms with Crippen molar-refractivity contribution >= 4 is 26.7 Å². The Hall–Kier alpha value is -2.41. The van der Waals surface area contributed by atoms with Gasteiger partial charge in [0.15, 0.2) is 9.84 Å². The van der Waals surface area contributed by atoms with Gasteiger partial charge in [-0.25, -0.2) is 18.4 Å². The summed E-state index contributed by atoms with van der Waals surface area (Å²) in [6.45, 7) is 0.643. The number of nitrogens with one attached hydrogen (secondary N) is 2. The van der Waals surface area contributed by atoms with Crippen LogP contribution in [0.2, 0.25) is 0 Å². The first-order valence-corrected chi connectivity index (χ1v) is 9.14. The van der Waals surface area contributed by atoms with E-state index in [2.05, 4.69) is 20.3 Å². The largest absolute Gasteiger partial charge is 0.369 e. The molecule has 0 radical (unpaired) electrons. The summed E-state index contributed by atoms with van der Waals surface area (Å²) in [4.78, 5) is 12.0. The second kappa shape index (κ2) is 5.34. The van der Waals surface area contributed by atoms with Crippen molar-refractivity contribution in [3.8, 4) is 0 Å². The van der Waals surface area contributed by atoms with Crippen molar-refractivity contribution in [1.82, 2.24) is 15.0 Å². The van der Waals surface area contributed by atoms with Crippen LogP contribution in [-0.4, -0.2) is 35.7 Å². The molecule has 2 aromatic heterocycles. The quantitative estimate of drug-likeness (QED) is 0.770. The Morgan fingerprint density at radius 1 is 1.22 bits per heavy atom. The van der Waals surface area contributed by atoms with Gasteiger partial charge in [-0.1, -0.05) is 18.2 Å². The Kier molecular flexibility index (Phi) is 3.30. The van der Waals surface area contributed by atoms with E-state index in [4.69, 9.17) is 0 Å². The van der Waals surface area contributed by atoms with Crippen LogP contribution in [0.25, 0.3) is 11.0 Å². The Bertz CT molecular complexity index is 965. The second-order valence-electron chi connectivity index (χ2n) is 5.69. The highest BCUT2D eigenvalue weighted by Gasteiger charge is 2.29. The lowest BCUT2D eigenvalue weighted by Crippen LogP contribution is -2.24. The van der Waals surface area contributed by atoms with Gasteiger partial charge in [0.05, 0.1) is 16.0 Å². The van der Waals surface area contributed by atoms with Crippen LogP contribution in [0.3, 0.4) is 0 Å². The maximum Gasteiger partial charge on any atom is 0.178 e. The summed E-state index contributed by atoms with van der Waals surface area (Å²) in [6.07, 6.45) is 3.96. The number of aromatic amines is 1. The standard InChI is InChI=1S/C16H16N4O2S/c21-23(22)8-6-11(12-3-1-2-4-14(12)23)9-18-16-13-5-7-17-15(13)19-10-20-16/h1-5,7,10-11H,6,8-9H2,(H2,17,18,19,20). The normalized spacial score (nSPS) is 19.4. The molecule has 0 aliphatic carbocycles. The Morgan fingerprint density at radius 3 is 3.00 bits per heavy atom. The number of benzene rings is 1. The molecule has 3 aromatic rings. The molecule has 6 nitrogen and oxygen atoms in total. The lowest BCUT2D eigenvalue weighted by atomic mass is 9.96. The summed E-state index contributed by atoms with van der Waals surface area (Å²) in [5.41, 5.74) is 1.68. The molecule has 1 atom stereocenters. The summed E-state index contributed by atoms with van der Waals surface area (Å²) >= 11 is 0. The molecule has 1 aliphatic heterocycles. The Morgan fingerprint density at radius 2 is 2.09 bits per heavy atom. The highest BCUT2D eigenvalue weighted by Crippen LogP contribution is 2.33. The minimum atomic E-state index is -3.14. The van der Waals surface area contributed by atoms with Crippen molar-refractivity contribution in [1.29, 1.82) is 0 Å². The fourth-order valence-electron chi connectivity index (χ4n) is 3.11. The molecule has 2 N–H and O–H groups in total. The number of hydrogen-bond acceptors (Lipinski definition) is 5. The molecule has 118 valence electrons. The molecule has 1 unspecified atom stereocenters. The lowest BCUT2D eigenvalue weighted by Gasteiger charge is -2.25. The molecule has 1 aliphatic rings. The van der Waals surface area contributed by atoms with Gasteiger partial charge in [-0.2, -0.15) is 0 Å². The molecule has 4 rings (SSSR count). The number of hydrogen-bond donors (Lipinski definition) is 2. The third kappa shape index (κ3) is 2.46. The smallest absolute Gasteiger partial charge is 0.178 e.